The number of hydrogen-bond donors (Lipinski definition) is 3. The van der Waals surface area contributed by atoms with Crippen molar-refractivity contribution in [3.05, 3.63) is 52.9 Å². The molecule has 2 N–H and O–H groups in total. The molecule has 1 fully saturated rings. The van der Waals surface area contributed by atoms with Crippen LogP contribution in [0.15, 0.2) is 46.7 Å². The van der Waals surface area contributed by atoms with Gasteiger partial charge in [-0.2, -0.15) is 0 Å². The molecule has 0 amide bonds. The van der Waals surface area contributed by atoms with Gasteiger partial charge in [-0.3, -0.25) is 4.79 Å². The first-order chi connectivity index (χ1) is 15.2. The minimum atomic E-state index is -0.667. The van der Waals surface area contributed by atoms with Crippen LogP contribution in [-0.2, 0) is 11.3 Å². The lowest BCUT2D eigenvalue weighted by molar-refractivity contribution is -0.137. The fourth-order valence-corrected chi connectivity index (χ4v) is 7.64. The number of ether oxygens (including phenoxy) is 2. The quantitative estimate of drug-likeness (QED) is 0.476. The molecule has 5 rings (SSSR count). The lowest BCUT2D eigenvalue weighted by Crippen LogP contribution is -2.19. The average Bonchev–Trinajstić information content (AvgIpc) is 3.43. The van der Waals surface area contributed by atoms with E-state index in [1.54, 1.807) is 0 Å². The minimum Gasteiger partial charge on any atom is -0.481 e. The van der Waals surface area contributed by atoms with Crippen LogP contribution in [0.25, 0.3) is 6.08 Å². The number of rotatable bonds is 7. The molecule has 0 spiro atoms. The number of carboxylic acid groups (broad SMARTS) is 1. The molecule has 2 aliphatic heterocycles. The number of benzene rings is 2. The highest BCUT2D eigenvalue weighted by atomic mass is 32.2. The predicted octanol–water partition coefficient (Wildman–Crippen LogP) is 5.80. The number of carboxylic acids is 1. The van der Waals surface area contributed by atoms with Gasteiger partial charge in [-0.25, -0.2) is 10.9 Å². The summed E-state index contributed by atoms with van der Waals surface area (Å²) < 4.78 is 10.9. The molecular formula is C25H29NO4S. The first-order valence-corrected chi connectivity index (χ1v) is 12.6. The fraction of sp³-hybridized carbons (Fsp3) is 0.400. The zero-order valence-electron chi connectivity index (χ0n) is 17.5. The smallest absolute Gasteiger partial charge is 0.303 e. The molecule has 164 valence electrons. The summed E-state index contributed by atoms with van der Waals surface area (Å²) in [6.45, 7) is 1.04. The SMILES string of the molecule is O=C(O)CCC1CCC([SH]2C=Cc3c(NCc4ccc5c(c4)OCO5)cccc32)CC1. The highest BCUT2D eigenvalue weighted by Gasteiger charge is 2.29. The summed E-state index contributed by atoms with van der Waals surface area (Å²) in [6, 6.07) is 12.7. The molecule has 6 heteroatoms. The molecule has 1 aliphatic carbocycles. The highest BCUT2D eigenvalue weighted by molar-refractivity contribution is 8.20. The van der Waals surface area contributed by atoms with Gasteiger partial charge in [0.05, 0.1) is 0 Å². The van der Waals surface area contributed by atoms with E-state index in [2.05, 4.69) is 41.1 Å². The summed E-state index contributed by atoms with van der Waals surface area (Å²) in [4.78, 5) is 12.3. The van der Waals surface area contributed by atoms with Crippen LogP contribution in [0.3, 0.4) is 0 Å². The standard InChI is InChI=1S/C25H29NO4S/c27-25(28)11-7-17-4-8-19(9-5-17)31-13-12-20-21(2-1-3-24(20)31)26-15-18-6-10-22-23(14-18)30-16-29-22/h1-3,6,10,12-14,17,19,26,31H,4-5,7-9,11,15-16H2,(H,27,28). The third-order valence-corrected chi connectivity index (χ3v) is 9.38. The molecular weight excluding hydrogens is 410 g/mol. The van der Waals surface area contributed by atoms with Crippen molar-refractivity contribution in [1.82, 2.24) is 0 Å². The zero-order chi connectivity index (χ0) is 21.2. The molecule has 0 radical (unpaired) electrons. The van der Waals surface area contributed by atoms with E-state index in [1.807, 2.05) is 12.1 Å². The number of thiol groups is 1. The van der Waals surface area contributed by atoms with Crippen molar-refractivity contribution in [2.24, 2.45) is 5.92 Å². The molecule has 1 saturated carbocycles. The molecule has 0 bridgehead atoms. The van der Waals surface area contributed by atoms with Gasteiger partial charge < -0.3 is 19.9 Å². The van der Waals surface area contributed by atoms with Crippen LogP contribution >= 0.6 is 10.9 Å². The van der Waals surface area contributed by atoms with Gasteiger partial charge in [0.15, 0.2) is 11.5 Å². The van der Waals surface area contributed by atoms with Crippen molar-refractivity contribution in [3.63, 3.8) is 0 Å². The van der Waals surface area contributed by atoms with Crippen LogP contribution in [0.4, 0.5) is 5.69 Å². The van der Waals surface area contributed by atoms with Crippen molar-refractivity contribution in [1.29, 1.82) is 0 Å². The molecule has 3 aliphatic rings. The number of aliphatic carboxylic acids is 1. The van der Waals surface area contributed by atoms with E-state index in [0.717, 1.165) is 29.7 Å². The second-order valence-corrected chi connectivity index (χ2v) is 10.9. The highest BCUT2D eigenvalue weighted by Crippen LogP contribution is 2.55. The van der Waals surface area contributed by atoms with E-state index in [9.17, 15) is 4.79 Å². The number of carbonyl (C=O) groups is 1. The Hall–Kier alpha value is -2.60. The molecule has 2 heterocycles. The van der Waals surface area contributed by atoms with E-state index in [-0.39, 0.29) is 10.9 Å². The molecule has 0 saturated heterocycles. The number of nitrogens with one attached hydrogen (secondary N) is 1. The maximum atomic E-state index is 10.9. The van der Waals surface area contributed by atoms with Gasteiger partial charge in [0.1, 0.15) is 0 Å². The van der Waals surface area contributed by atoms with Crippen molar-refractivity contribution in [2.45, 2.75) is 55.2 Å². The normalized spacial score (nSPS) is 24.7. The van der Waals surface area contributed by atoms with E-state index < -0.39 is 5.97 Å². The zero-order valence-corrected chi connectivity index (χ0v) is 18.4. The van der Waals surface area contributed by atoms with Crippen LogP contribution in [-0.4, -0.2) is 23.1 Å². The minimum absolute atomic E-state index is 0.278. The Morgan fingerprint density at radius 1 is 1.10 bits per heavy atom. The van der Waals surface area contributed by atoms with Crippen molar-refractivity contribution in [3.8, 4) is 11.5 Å². The fourth-order valence-electron chi connectivity index (χ4n) is 4.95. The Kier molecular flexibility index (Phi) is 5.81. The summed E-state index contributed by atoms with van der Waals surface area (Å²) in [6.07, 6.45) is 8.22. The largest absolute Gasteiger partial charge is 0.481 e. The maximum absolute atomic E-state index is 10.9. The number of fused-ring (bicyclic) bond motifs is 2. The van der Waals surface area contributed by atoms with E-state index in [4.69, 9.17) is 14.6 Å². The van der Waals surface area contributed by atoms with Gasteiger partial charge in [0.25, 0.3) is 0 Å². The second kappa shape index (κ2) is 8.87. The Bertz CT molecular complexity index is 997. The second-order valence-electron chi connectivity index (χ2n) is 8.61. The van der Waals surface area contributed by atoms with E-state index in [0.29, 0.717) is 19.1 Å². The summed E-state index contributed by atoms with van der Waals surface area (Å²) >= 11 is 0. The first kappa shape index (κ1) is 20.3. The monoisotopic (exact) mass is 439 g/mol. The molecule has 1 unspecified atom stereocenters. The third-order valence-electron chi connectivity index (χ3n) is 6.66. The molecule has 31 heavy (non-hydrogen) atoms. The molecule has 5 nitrogen and oxygen atoms in total. The van der Waals surface area contributed by atoms with Crippen LogP contribution in [0.2, 0.25) is 0 Å². The van der Waals surface area contributed by atoms with Crippen LogP contribution < -0.4 is 14.8 Å². The topological polar surface area (TPSA) is 67.8 Å². The van der Waals surface area contributed by atoms with Gasteiger partial charge in [-0.1, -0.05) is 12.1 Å². The van der Waals surface area contributed by atoms with Gasteiger partial charge in [-0.15, -0.1) is 0 Å². The number of hydrogen-bond acceptors (Lipinski definition) is 4. The van der Waals surface area contributed by atoms with E-state index in [1.165, 1.54) is 47.4 Å². The Morgan fingerprint density at radius 2 is 1.94 bits per heavy atom. The number of anilines is 1. The summed E-state index contributed by atoms with van der Waals surface area (Å²) in [5, 5.41) is 15.7. The van der Waals surface area contributed by atoms with Crippen LogP contribution in [0.5, 0.6) is 11.5 Å². The van der Waals surface area contributed by atoms with Crippen molar-refractivity contribution < 1.29 is 19.4 Å². The third kappa shape index (κ3) is 4.40. The van der Waals surface area contributed by atoms with Crippen molar-refractivity contribution >= 4 is 28.6 Å². The van der Waals surface area contributed by atoms with Gasteiger partial charge >= 0.3 is 5.97 Å². The molecule has 1 atom stereocenters. The van der Waals surface area contributed by atoms with Crippen molar-refractivity contribution in [2.75, 3.05) is 12.1 Å². The van der Waals surface area contributed by atoms with Gasteiger partial charge in [-0.05, 0) is 84.6 Å². The molecule has 0 aromatic heterocycles. The Morgan fingerprint density at radius 3 is 2.77 bits per heavy atom. The molecule has 2 aromatic carbocycles. The average molecular weight is 440 g/mol. The first-order valence-electron chi connectivity index (χ1n) is 11.1. The summed E-state index contributed by atoms with van der Waals surface area (Å²) in [5.41, 5.74) is 3.69. The lowest BCUT2D eigenvalue weighted by atomic mass is 9.86. The summed E-state index contributed by atoms with van der Waals surface area (Å²) in [7, 11) is -0.278. The summed E-state index contributed by atoms with van der Waals surface area (Å²) in [5.74, 6) is 1.55. The van der Waals surface area contributed by atoms with Crippen LogP contribution in [0, 0.1) is 5.92 Å². The maximum Gasteiger partial charge on any atom is 0.303 e. The lowest BCUT2D eigenvalue weighted by Gasteiger charge is -2.34. The Labute approximate surface area is 185 Å². The molecule has 2 aromatic rings. The van der Waals surface area contributed by atoms with Gasteiger partial charge in [0, 0.05) is 29.1 Å². The van der Waals surface area contributed by atoms with Gasteiger partial charge in [0.2, 0.25) is 6.79 Å². The van der Waals surface area contributed by atoms with E-state index >= 15 is 0 Å². The predicted molar refractivity (Wildman–Crippen MR) is 125 cm³/mol. The van der Waals surface area contributed by atoms with Crippen LogP contribution in [0.1, 0.15) is 49.7 Å². The Balaban J connectivity index is 1.22.